The quantitative estimate of drug-likeness (QED) is 0.749. The molecule has 0 aromatic carbocycles. The predicted octanol–water partition coefficient (Wildman–Crippen LogP) is 4.91. The third-order valence-electron chi connectivity index (χ3n) is 5.26. The second kappa shape index (κ2) is 8.19. The average Bonchev–Trinajstić information content (AvgIpc) is 2.38. The van der Waals surface area contributed by atoms with E-state index in [0.29, 0.717) is 0 Å². The van der Waals surface area contributed by atoms with E-state index in [2.05, 4.69) is 12.2 Å². The Morgan fingerprint density at radius 3 is 1.56 bits per heavy atom. The molecule has 2 fully saturated rings. The Kier molecular flexibility index (Phi) is 6.54. The van der Waals surface area contributed by atoms with Gasteiger partial charge in [-0.15, -0.1) is 0 Å². The molecule has 1 heteroatoms. The van der Waals surface area contributed by atoms with E-state index in [9.17, 15) is 0 Å². The van der Waals surface area contributed by atoms with Gasteiger partial charge in [-0.25, -0.2) is 0 Å². The molecular weight excluding hydrogens is 218 g/mol. The largest absolute Gasteiger partial charge is 0.314 e. The lowest BCUT2D eigenvalue weighted by atomic mass is 9.75. The molecule has 2 aliphatic carbocycles. The minimum absolute atomic E-state index is 0.841. The van der Waals surface area contributed by atoms with Crippen LogP contribution in [0.1, 0.15) is 84.0 Å². The van der Waals surface area contributed by atoms with Gasteiger partial charge in [-0.2, -0.15) is 0 Å². The molecule has 0 heterocycles. The van der Waals surface area contributed by atoms with Crippen LogP contribution in [0.4, 0.5) is 0 Å². The summed E-state index contributed by atoms with van der Waals surface area (Å²) in [6.45, 7) is 3.45. The zero-order chi connectivity index (χ0) is 12.6. The summed E-state index contributed by atoms with van der Waals surface area (Å²) in [6.07, 6.45) is 17.9. The van der Waals surface area contributed by atoms with Crippen LogP contribution in [0.3, 0.4) is 0 Å². The Hall–Kier alpha value is -0.0400. The maximum atomic E-state index is 3.87. The van der Waals surface area contributed by atoms with Gasteiger partial charge in [-0.05, 0) is 44.1 Å². The van der Waals surface area contributed by atoms with Gasteiger partial charge in [0.15, 0.2) is 0 Å². The van der Waals surface area contributed by atoms with Gasteiger partial charge < -0.3 is 5.32 Å². The van der Waals surface area contributed by atoms with Crippen LogP contribution in [0.25, 0.3) is 0 Å². The van der Waals surface area contributed by atoms with Gasteiger partial charge in [0.2, 0.25) is 0 Å². The van der Waals surface area contributed by atoms with Crippen LogP contribution >= 0.6 is 0 Å². The van der Waals surface area contributed by atoms with E-state index in [1.165, 1.54) is 77.0 Å². The van der Waals surface area contributed by atoms with Crippen molar-refractivity contribution in [3.05, 3.63) is 0 Å². The van der Waals surface area contributed by atoms with Crippen LogP contribution in [-0.4, -0.2) is 12.6 Å². The average molecular weight is 251 g/mol. The molecule has 18 heavy (non-hydrogen) atoms. The van der Waals surface area contributed by atoms with E-state index >= 15 is 0 Å². The van der Waals surface area contributed by atoms with Gasteiger partial charge in [0, 0.05) is 6.04 Å². The number of rotatable bonds is 4. The standard InChI is InChI=1S/C17H33N/c1-2-18-17(16-13-9-6-10-14-16)15-11-7-4-3-5-8-12-15/h15-18H,2-14H2,1H3. The van der Waals surface area contributed by atoms with Crippen molar-refractivity contribution in [1.29, 1.82) is 0 Å². The fourth-order valence-corrected chi connectivity index (χ4v) is 4.29. The van der Waals surface area contributed by atoms with Crippen molar-refractivity contribution in [2.45, 2.75) is 90.0 Å². The molecule has 0 bridgehead atoms. The molecule has 0 spiro atoms. The van der Waals surface area contributed by atoms with Crippen LogP contribution in [0.15, 0.2) is 0 Å². The molecular formula is C17H33N. The molecule has 0 radical (unpaired) electrons. The van der Waals surface area contributed by atoms with Crippen LogP contribution in [-0.2, 0) is 0 Å². The number of nitrogens with one attached hydrogen (secondary N) is 1. The maximum Gasteiger partial charge on any atom is 0.0123 e. The van der Waals surface area contributed by atoms with Crippen molar-refractivity contribution in [2.24, 2.45) is 11.8 Å². The molecule has 2 aliphatic rings. The van der Waals surface area contributed by atoms with Crippen molar-refractivity contribution in [3.63, 3.8) is 0 Å². The van der Waals surface area contributed by atoms with E-state index in [-0.39, 0.29) is 0 Å². The van der Waals surface area contributed by atoms with E-state index in [1.807, 2.05) is 0 Å². The van der Waals surface area contributed by atoms with Gasteiger partial charge in [-0.1, -0.05) is 58.3 Å². The number of hydrogen-bond acceptors (Lipinski definition) is 1. The van der Waals surface area contributed by atoms with Crippen molar-refractivity contribution in [2.75, 3.05) is 6.54 Å². The maximum absolute atomic E-state index is 3.87. The van der Waals surface area contributed by atoms with E-state index in [0.717, 1.165) is 24.4 Å². The van der Waals surface area contributed by atoms with Crippen molar-refractivity contribution in [3.8, 4) is 0 Å². The lowest BCUT2D eigenvalue weighted by molar-refractivity contribution is 0.182. The second-order valence-corrected chi connectivity index (χ2v) is 6.59. The van der Waals surface area contributed by atoms with Crippen molar-refractivity contribution >= 4 is 0 Å². The van der Waals surface area contributed by atoms with Gasteiger partial charge in [0.25, 0.3) is 0 Å². The van der Waals surface area contributed by atoms with Crippen LogP contribution in [0.2, 0.25) is 0 Å². The summed E-state index contributed by atoms with van der Waals surface area (Å²) in [4.78, 5) is 0. The Morgan fingerprint density at radius 2 is 1.11 bits per heavy atom. The molecule has 1 atom stereocenters. The highest BCUT2D eigenvalue weighted by Crippen LogP contribution is 2.34. The van der Waals surface area contributed by atoms with E-state index < -0.39 is 0 Å². The Morgan fingerprint density at radius 1 is 0.722 bits per heavy atom. The summed E-state index contributed by atoms with van der Waals surface area (Å²) in [5, 5.41) is 3.87. The Balaban J connectivity index is 1.92. The second-order valence-electron chi connectivity index (χ2n) is 6.59. The molecule has 0 amide bonds. The summed E-state index contributed by atoms with van der Waals surface area (Å²) < 4.78 is 0. The fraction of sp³-hybridized carbons (Fsp3) is 1.00. The highest BCUT2D eigenvalue weighted by atomic mass is 14.9. The van der Waals surface area contributed by atoms with Crippen LogP contribution in [0, 0.1) is 11.8 Å². The zero-order valence-corrected chi connectivity index (χ0v) is 12.4. The summed E-state index contributed by atoms with van der Waals surface area (Å²) >= 11 is 0. The lowest BCUT2D eigenvalue weighted by Crippen LogP contribution is -2.43. The molecule has 2 rings (SSSR count). The van der Waals surface area contributed by atoms with Crippen molar-refractivity contribution in [1.82, 2.24) is 5.32 Å². The normalized spacial score (nSPS) is 26.5. The Labute approximate surface area is 114 Å². The Bertz CT molecular complexity index is 200. The minimum Gasteiger partial charge on any atom is -0.314 e. The SMILES string of the molecule is CCNC(C1CCCCCCC1)C1CCCCC1. The summed E-state index contributed by atoms with van der Waals surface area (Å²) in [7, 11) is 0. The molecule has 106 valence electrons. The zero-order valence-electron chi connectivity index (χ0n) is 12.4. The van der Waals surface area contributed by atoms with Crippen molar-refractivity contribution < 1.29 is 0 Å². The first kappa shape index (κ1) is 14.4. The number of hydrogen-bond donors (Lipinski definition) is 1. The molecule has 0 aromatic heterocycles. The smallest absolute Gasteiger partial charge is 0.0123 e. The highest BCUT2D eigenvalue weighted by molar-refractivity contribution is 4.85. The molecule has 0 saturated heterocycles. The lowest BCUT2D eigenvalue weighted by Gasteiger charge is -2.37. The molecule has 1 N–H and O–H groups in total. The third-order valence-corrected chi connectivity index (χ3v) is 5.26. The van der Waals surface area contributed by atoms with Gasteiger partial charge >= 0.3 is 0 Å². The molecule has 1 nitrogen and oxygen atoms in total. The summed E-state index contributed by atoms with van der Waals surface area (Å²) in [5.74, 6) is 1.97. The first-order chi connectivity index (χ1) is 8.92. The van der Waals surface area contributed by atoms with Crippen LogP contribution in [0.5, 0.6) is 0 Å². The van der Waals surface area contributed by atoms with Crippen LogP contribution < -0.4 is 5.32 Å². The monoisotopic (exact) mass is 251 g/mol. The van der Waals surface area contributed by atoms with E-state index in [1.54, 1.807) is 0 Å². The molecule has 2 saturated carbocycles. The highest BCUT2D eigenvalue weighted by Gasteiger charge is 2.29. The van der Waals surface area contributed by atoms with Gasteiger partial charge in [-0.3, -0.25) is 0 Å². The topological polar surface area (TPSA) is 12.0 Å². The molecule has 1 unspecified atom stereocenters. The predicted molar refractivity (Wildman–Crippen MR) is 79.8 cm³/mol. The molecule has 0 aromatic rings. The summed E-state index contributed by atoms with van der Waals surface area (Å²) in [5.41, 5.74) is 0. The van der Waals surface area contributed by atoms with E-state index in [4.69, 9.17) is 0 Å². The first-order valence-corrected chi connectivity index (χ1v) is 8.65. The minimum atomic E-state index is 0.841. The fourth-order valence-electron chi connectivity index (χ4n) is 4.29. The third kappa shape index (κ3) is 4.26. The molecule has 0 aliphatic heterocycles. The summed E-state index contributed by atoms with van der Waals surface area (Å²) in [6, 6.07) is 0.841. The van der Waals surface area contributed by atoms with Gasteiger partial charge in [0.05, 0.1) is 0 Å². The first-order valence-electron chi connectivity index (χ1n) is 8.65. The van der Waals surface area contributed by atoms with Gasteiger partial charge in [0.1, 0.15) is 0 Å².